The van der Waals surface area contributed by atoms with Crippen LogP contribution in [0.2, 0.25) is 0 Å². The van der Waals surface area contributed by atoms with Crippen molar-refractivity contribution >= 4 is 56.4 Å². The van der Waals surface area contributed by atoms with Crippen molar-refractivity contribution in [3.05, 3.63) is 46.2 Å². The van der Waals surface area contributed by atoms with E-state index in [9.17, 15) is 13.2 Å². The van der Waals surface area contributed by atoms with Crippen LogP contribution in [0.4, 0.5) is 0 Å². The van der Waals surface area contributed by atoms with Gasteiger partial charge in [0.05, 0.1) is 12.5 Å². The molecular formula is C17H21N3O3S4. The topological polar surface area (TPSA) is 87.3 Å². The molecule has 10 heteroatoms. The average molecular weight is 444 g/mol. The summed E-state index contributed by atoms with van der Waals surface area (Å²) in [6.45, 7) is 1.92. The summed E-state index contributed by atoms with van der Waals surface area (Å²) in [6, 6.07) is 8.78. The standard InChI is InChI=1S/C17H21N3O3S4/c1-11(13-5-4-8-26-13)19-16(21)10-12-6-7-14(25-3)15(9-12)27(22,23)20-17(24)18-2/h4-9,11H,10H2,1-3H3,(H,19,21)(H2,18,20,24). The van der Waals surface area contributed by atoms with Crippen LogP contribution in [-0.4, -0.2) is 32.7 Å². The molecule has 0 saturated carbocycles. The number of hydrogen-bond acceptors (Lipinski definition) is 6. The van der Waals surface area contributed by atoms with Crippen LogP contribution in [0.15, 0.2) is 45.5 Å². The third kappa shape index (κ3) is 5.93. The number of sulfonamides is 1. The third-order valence-electron chi connectivity index (χ3n) is 3.68. The lowest BCUT2D eigenvalue weighted by Crippen LogP contribution is -2.37. The highest BCUT2D eigenvalue weighted by Gasteiger charge is 2.21. The van der Waals surface area contributed by atoms with Gasteiger partial charge in [0, 0.05) is 16.8 Å². The van der Waals surface area contributed by atoms with Crippen molar-refractivity contribution in [2.75, 3.05) is 13.3 Å². The molecular weight excluding hydrogens is 422 g/mol. The monoisotopic (exact) mass is 443 g/mol. The SMILES string of the molecule is CNC(=S)NS(=O)(=O)c1cc(CC(=O)NC(C)c2cccs2)ccc1SC. The van der Waals surface area contributed by atoms with E-state index in [4.69, 9.17) is 12.2 Å². The van der Waals surface area contributed by atoms with Crippen LogP contribution in [-0.2, 0) is 21.2 Å². The smallest absolute Gasteiger partial charge is 0.264 e. The van der Waals surface area contributed by atoms with E-state index < -0.39 is 10.0 Å². The Morgan fingerprint density at radius 1 is 1.33 bits per heavy atom. The summed E-state index contributed by atoms with van der Waals surface area (Å²) in [5, 5.41) is 7.48. The van der Waals surface area contributed by atoms with Gasteiger partial charge >= 0.3 is 0 Å². The van der Waals surface area contributed by atoms with Crippen molar-refractivity contribution in [2.24, 2.45) is 0 Å². The van der Waals surface area contributed by atoms with Gasteiger partial charge in [0.25, 0.3) is 10.0 Å². The fourth-order valence-corrected chi connectivity index (χ4v) is 5.56. The van der Waals surface area contributed by atoms with Gasteiger partial charge in [-0.15, -0.1) is 23.1 Å². The Kier molecular flexibility index (Phi) is 7.66. The van der Waals surface area contributed by atoms with Gasteiger partial charge in [-0.2, -0.15) is 0 Å². The normalized spacial score (nSPS) is 12.3. The molecule has 0 aliphatic rings. The van der Waals surface area contributed by atoms with Gasteiger partial charge in [-0.25, -0.2) is 8.42 Å². The zero-order chi connectivity index (χ0) is 20.0. The molecule has 0 spiro atoms. The molecule has 0 bridgehead atoms. The molecule has 0 fully saturated rings. The maximum Gasteiger partial charge on any atom is 0.264 e. The first kappa shape index (κ1) is 21.7. The van der Waals surface area contributed by atoms with Crippen molar-refractivity contribution < 1.29 is 13.2 Å². The predicted octanol–water partition coefficient (Wildman–Crippen LogP) is 2.67. The minimum absolute atomic E-state index is 0.00923. The Hall–Kier alpha value is -1.62. The Morgan fingerprint density at radius 3 is 2.67 bits per heavy atom. The number of amides is 1. The maximum absolute atomic E-state index is 12.6. The fraction of sp³-hybridized carbons (Fsp3) is 0.294. The first-order valence-electron chi connectivity index (χ1n) is 8.01. The molecule has 1 aromatic heterocycles. The second kappa shape index (κ2) is 9.54. The third-order valence-corrected chi connectivity index (χ3v) is 7.49. The number of thiocarbonyl (C=S) groups is 1. The molecule has 1 amide bonds. The molecule has 1 aromatic carbocycles. The zero-order valence-corrected chi connectivity index (χ0v) is 18.4. The largest absolute Gasteiger partial charge is 0.365 e. The van der Waals surface area contributed by atoms with Gasteiger partial charge in [0.2, 0.25) is 5.91 Å². The first-order chi connectivity index (χ1) is 12.8. The van der Waals surface area contributed by atoms with Crippen LogP contribution < -0.4 is 15.4 Å². The van der Waals surface area contributed by atoms with Crippen molar-refractivity contribution in [1.82, 2.24) is 15.4 Å². The van der Waals surface area contributed by atoms with E-state index in [1.165, 1.54) is 24.9 Å². The number of rotatable bonds is 7. The average Bonchev–Trinajstić information content (AvgIpc) is 3.16. The van der Waals surface area contributed by atoms with E-state index in [0.717, 1.165) is 4.88 Å². The Balaban J connectivity index is 2.18. The minimum atomic E-state index is -3.84. The number of benzene rings is 1. The lowest BCUT2D eigenvalue weighted by atomic mass is 10.1. The molecule has 0 radical (unpaired) electrons. The van der Waals surface area contributed by atoms with Crippen LogP contribution in [0.3, 0.4) is 0 Å². The highest BCUT2D eigenvalue weighted by Crippen LogP contribution is 2.26. The maximum atomic E-state index is 12.6. The van der Waals surface area contributed by atoms with Crippen LogP contribution in [0.25, 0.3) is 0 Å². The van der Waals surface area contributed by atoms with Gasteiger partial charge in [-0.05, 0) is 54.5 Å². The molecule has 146 valence electrons. The molecule has 27 heavy (non-hydrogen) atoms. The van der Waals surface area contributed by atoms with Crippen LogP contribution >= 0.6 is 35.3 Å². The highest BCUT2D eigenvalue weighted by atomic mass is 32.2. The molecule has 6 nitrogen and oxygen atoms in total. The Labute approximate surface area is 173 Å². The summed E-state index contributed by atoms with van der Waals surface area (Å²) in [4.78, 5) is 14.1. The molecule has 1 unspecified atom stereocenters. The second-order valence-corrected chi connectivity index (χ2v) is 9.54. The summed E-state index contributed by atoms with van der Waals surface area (Å²) in [7, 11) is -2.30. The number of nitrogens with one attached hydrogen (secondary N) is 3. The fourth-order valence-electron chi connectivity index (χ4n) is 2.36. The van der Waals surface area contributed by atoms with Gasteiger partial charge in [-0.3, -0.25) is 9.52 Å². The van der Waals surface area contributed by atoms with Gasteiger partial charge < -0.3 is 10.6 Å². The van der Waals surface area contributed by atoms with Crippen LogP contribution in [0, 0.1) is 0 Å². The summed E-state index contributed by atoms with van der Waals surface area (Å²) in [5.74, 6) is -0.171. The van der Waals surface area contributed by atoms with Crippen molar-refractivity contribution in [2.45, 2.75) is 29.2 Å². The molecule has 0 aliphatic heterocycles. The number of hydrogen-bond donors (Lipinski definition) is 3. The quantitative estimate of drug-likeness (QED) is 0.451. The molecule has 0 aliphatic carbocycles. The van der Waals surface area contributed by atoms with E-state index in [1.54, 1.807) is 29.7 Å². The van der Waals surface area contributed by atoms with Crippen molar-refractivity contribution in [3.8, 4) is 0 Å². The summed E-state index contributed by atoms with van der Waals surface area (Å²) in [6.07, 6.45) is 1.88. The minimum Gasteiger partial charge on any atom is -0.365 e. The first-order valence-corrected chi connectivity index (χ1v) is 12.0. The van der Waals surface area contributed by atoms with Gasteiger partial charge in [0.15, 0.2) is 5.11 Å². The van der Waals surface area contributed by atoms with Crippen molar-refractivity contribution in [3.63, 3.8) is 0 Å². The second-order valence-electron chi connectivity index (χ2n) is 5.65. The van der Waals surface area contributed by atoms with E-state index in [0.29, 0.717) is 10.5 Å². The van der Waals surface area contributed by atoms with E-state index in [-0.39, 0.29) is 28.4 Å². The summed E-state index contributed by atoms with van der Waals surface area (Å²) >= 11 is 7.79. The number of carbonyl (C=O) groups excluding carboxylic acids is 1. The van der Waals surface area contributed by atoms with Crippen molar-refractivity contribution in [1.29, 1.82) is 0 Å². The molecule has 2 rings (SSSR count). The summed E-state index contributed by atoms with van der Waals surface area (Å²) in [5.41, 5.74) is 0.611. The lowest BCUT2D eigenvalue weighted by molar-refractivity contribution is -0.121. The highest BCUT2D eigenvalue weighted by molar-refractivity contribution is 7.99. The molecule has 1 heterocycles. The lowest BCUT2D eigenvalue weighted by Gasteiger charge is -2.14. The molecule has 0 saturated heterocycles. The molecule has 3 N–H and O–H groups in total. The van der Waals surface area contributed by atoms with E-state index in [2.05, 4.69) is 15.4 Å². The van der Waals surface area contributed by atoms with Gasteiger partial charge in [-0.1, -0.05) is 12.1 Å². The Morgan fingerprint density at radius 2 is 2.07 bits per heavy atom. The number of thioether (sulfide) groups is 1. The van der Waals surface area contributed by atoms with E-state index in [1.807, 2.05) is 24.4 Å². The zero-order valence-electron chi connectivity index (χ0n) is 15.1. The molecule has 1 atom stereocenters. The van der Waals surface area contributed by atoms with E-state index >= 15 is 0 Å². The predicted molar refractivity (Wildman–Crippen MR) is 115 cm³/mol. The van der Waals surface area contributed by atoms with Crippen LogP contribution in [0.5, 0.6) is 0 Å². The number of thiophene rings is 1. The molecule has 2 aromatic rings. The number of carbonyl (C=O) groups is 1. The Bertz CT molecular complexity index is 912. The summed E-state index contributed by atoms with van der Waals surface area (Å²) < 4.78 is 27.5. The van der Waals surface area contributed by atoms with Crippen LogP contribution in [0.1, 0.15) is 23.4 Å². The van der Waals surface area contributed by atoms with Gasteiger partial charge in [0.1, 0.15) is 4.90 Å².